The van der Waals surface area contributed by atoms with Crippen molar-refractivity contribution in [3.05, 3.63) is 35.4 Å². The number of sulfonamides is 1. The van der Waals surface area contributed by atoms with Crippen LogP contribution >= 0.6 is 0 Å². The summed E-state index contributed by atoms with van der Waals surface area (Å²) in [4.78, 5) is 0. The molecule has 0 saturated carbocycles. The first-order valence-corrected chi connectivity index (χ1v) is 7.62. The molecule has 0 atom stereocenters. The van der Waals surface area contributed by atoms with Crippen LogP contribution in [0.1, 0.15) is 19.4 Å². The van der Waals surface area contributed by atoms with Gasteiger partial charge in [-0.1, -0.05) is 6.07 Å². The summed E-state index contributed by atoms with van der Waals surface area (Å²) in [6, 6.07) is 3.35. The van der Waals surface area contributed by atoms with E-state index >= 15 is 0 Å². The van der Waals surface area contributed by atoms with E-state index in [2.05, 4.69) is 10.0 Å². The maximum absolute atomic E-state index is 13.3. The zero-order valence-corrected chi connectivity index (χ0v) is 11.9. The molecular formula is C12H18F2N2O2S. The molecule has 1 aromatic carbocycles. The third-order valence-corrected chi connectivity index (χ3v) is 3.28. The summed E-state index contributed by atoms with van der Waals surface area (Å²) in [7, 11) is -3.30. The van der Waals surface area contributed by atoms with Gasteiger partial charge in [0.15, 0.2) is 0 Å². The molecule has 0 radical (unpaired) electrons. The lowest BCUT2D eigenvalue weighted by molar-refractivity contribution is 0.418. The standard InChI is InChI=1S/C12H18F2N2O2S/c1-12(2,16-19(3,17)18)8-15-7-9-4-5-10(13)6-11(9)14/h4-6,15-16H,7-8H2,1-3H3. The Bertz CT molecular complexity index is 545. The van der Waals surface area contributed by atoms with Crippen LogP contribution < -0.4 is 10.0 Å². The molecule has 108 valence electrons. The molecule has 0 heterocycles. The monoisotopic (exact) mass is 292 g/mol. The van der Waals surface area contributed by atoms with Gasteiger partial charge in [0, 0.05) is 30.3 Å². The molecule has 0 aliphatic carbocycles. The lowest BCUT2D eigenvalue weighted by Gasteiger charge is -2.25. The summed E-state index contributed by atoms with van der Waals surface area (Å²) < 4.78 is 50.8. The van der Waals surface area contributed by atoms with Gasteiger partial charge in [0.25, 0.3) is 0 Å². The van der Waals surface area contributed by atoms with E-state index < -0.39 is 27.2 Å². The van der Waals surface area contributed by atoms with Gasteiger partial charge < -0.3 is 5.32 Å². The number of rotatable bonds is 6. The number of hydrogen-bond donors (Lipinski definition) is 2. The van der Waals surface area contributed by atoms with Gasteiger partial charge in [-0.2, -0.15) is 0 Å². The maximum atomic E-state index is 13.3. The minimum atomic E-state index is -3.30. The van der Waals surface area contributed by atoms with Crippen molar-refractivity contribution in [2.75, 3.05) is 12.8 Å². The van der Waals surface area contributed by atoms with E-state index in [0.29, 0.717) is 12.1 Å². The normalized spacial score (nSPS) is 12.7. The highest BCUT2D eigenvalue weighted by atomic mass is 32.2. The average Bonchev–Trinajstić information content (AvgIpc) is 2.17. The quantitative estimate of drug-likeness (QED) is 0.833. The van der Waals surface area contributed by atoms with Crippen molar-refractivity contribution in [3.8, 4) is 0 Å². The highest BCUT2D eigenvalue weighted by Gasteiger charge is 2.21. The minimum Gasteiger partial charge on any atom is -0.311 e. The van der Waals surface area contributed by atoms with Gasteiger partial charge in [-0.05, 0) is 19.9 Å². The Hall–Kier alpha value is -1.05. The molecule has 7 heteroatoms. The Morgan fingerprint density at radius 3 is 2.42 bits per heavy atom. The fourth-order valence-electron chi connectivity index (χ4n) is 1.71. The molecule has 0 fully saturated rings. The molecule has 0 spiro atoms. The SMILES string of the molecule is CC(C)(CNCc1ccc(F)cc1F)NS(C)(=O)=O. The smallest absolute Gasteiger partial charge is 0.209 e. The molecule has 0 bridgehead atoms. The first kappa shape index (κ1) is 16.0. The summed E-state index contributed by atoms with van der Waals surface area (Å²) in [5.74, 6) is -1.25. The van der Waals surface area contributed by atoms with Crippen LogP contribution in [0.3, 0.4) is 0 Å². The molecule has 0 unspecified atom stereocenters. The highest BCUT2D eigenvalue weighted by molar-refractivity contribution is 7.88. The lowest BCUT2D eigenvalue weighted by atomic mass is 10.1. The van der Waals surface area contributed by atoms with E-state index in [1.165, 1.54) is 12.1 Å². The van der Waals surface area contributed by atoms with Crippen LogP contribution in [-0.4, -0.2) is 26.8 Å². The van der Waals surface area contributed by atoms with Crippen LogP contribution in [0.5, 0.6) is 0 Å². The number of hydrogen-bond acceptors (Lipinski definition) is 3. The van der Waals surface area contributed by atoms with Gasteiger partial charge in [0.2, 0.25) is 10.0 Å². The first-order chi connectivity index (χ1) is 8.59. The molecule has 0 aromatic heterocycles. The second-order valence-corrected chi connectivity index (χ2v) is 6.85. The molecule has 0 amide bonds. The molecule has 0 saturated heterocycles. The Kier molecular flexibility index (Phi) is 5.00. The molecule has 2 N–H and O–H groups in total. The third-order valence-electron chi connectivity index (χ3n) is 2.36. The second-order valence-electron chi connectivity index (χ2n) is 5.10. The van der Waals surface area contributed by atoms with Crippen LogP contribution in [0.25, 0.3) is 0 Å². The van der Waals surface area contributed by atoms with Crippen LogP contribution in [0.15, 0.2) is 18.2 Å². The van der Waals surface area contributed by atoms with Crippen molar-refractivity contribution < 1.29 is 17.2 Å². The van der Waals surface area contributed by atoms with Crippen LogP contribution in [0.4, 0.5) is 8.78 Å². The minimum absolute atomic E-state index is 0.195. The number of benzene rings is 1. The van der Waals surface area contributed by atoms with Crippen LogP contribution in [0.2, 0.25) is 0 Å². The van der Waals surface area contributed by atoms with Crippen LogP contribution in [0, 0.1) is 11.6 Å². The average molecular weight is 292 g/mol. The third kappa shape index (κ3) is 6.09. The van der Waals surface area contributed by atoms with E-state index in [0.717, 1.165) is 12.3 Å². The van der Waals surface area contributed by atoms with Gasteiger partial charge in [-0.25, -0.2) is 21.9 Å². The Morgan fingerprint density at radius 2 is 1.89 bits per heavy atom. The largest absolute Gasteiger partial charge is 0.311 e. The Labute approximate surface area is 112 Å². The molecular weight excluding hydrogens is 274 g/mol. The van der Waals surface area contributed by atoms with Crippen molar-refractivity contribution in [3.63, 3.8) is 0 Å². The van der Waals surface area contributed by atoms with Crippen molar-refractivity contribution in [1.82, 2.24) is 10.0 Å². The lowest BCUT2D eigenvalue weighted by Crippen LogP contribution is -2.49. The predicted octanol–water partition coefficient (Wildman–Crippen LogP) is 1.38. The van der Waals surface area contributed by atoms with E-state index in [1.807, 2.05) is 0 Å². The Balaban J connectivity index is 2.54. The fraction of sp³-hybridized carbons (Fsp3) is 0.500. The summed E-state index contributed by atoms with van der Waals surface area (Å²) in [5.41, 5.74) is -0.360. The van der Waals surface area contributed by atoms with Gasteiger partial charge in [0.1, 0.15) is 11.6 Å². The highest BCUT2D eigenvalue weighted by Crippen LogP contribution is 2.09. The number of nitrogens with one attached hydrogen (secondary N) is 2. The molecule has 0 aliphatic heterocycles. The summed E-state index contributed by atoms with van der Waals surface area (Å²) in [5, 5.41) is 2.94. The second kappa shape index (κ2) is 5.94. The molecule has 19 heavy (non-hydrogen) atoms. The van der Waals surface area contributed by atoms with Crippen molar-refractivity contribution in [1.29, 1.82) is 0 Å². The van der Waals surface area contributed by atoms with E-state index in [4.69, 9.17) is 0 Å². The maximum Gasteiger partial charge on any atom is 0.209 e. The van der Waals surface area contributed by atoms with Crippen molar-refractivity contribution in [2.45, 2.75) is 25.9 Å². The van der Waals surface area contributed by atoms with E-state index in [9.17, 15) is 17.2 Å². The summed E-state index contributed by atoms with van der Waals surface area (Å²) in [6.07, 6.45) is 1.08. The number of halogens is 2. The van der Waals surface area contributed by atoms with Crippen molar-refractivity contribution in [2.24, 2.45) is 0 Å². The first-order valence-electron chi connectivity index (χ1n) is 5.73. The van der Waals surface area contributed by atoms with Gasteiger partial charge >= 0.3 is 0 Å². The zero-order chi connectivity index (χ0) is 14.7. The fourth-order valence-corrected chi connectivity index (χ4v) is 2.79. The molecule has 0 aliphatic rings. The zero-order valence-electron chi connectivity index (χ0n) is 11.1. The Morgan fingerprint density at radius 1 is 1.26 bits per heavy atom. The van der Waals surface area contributed by atoms with Crippen LogP contribution in [-0.2, 0) is 16.6 Å². The van der Waals surface area contributed by atoms with Gasteiger partial charge in [-0.3, -0.25) is 0 Å². The van der Waals surface area contributed by atoms with Crippen molar-refractivity contribution >= 4 is 10.0 Å². The summed E-state index contributed by atoms with van der Waals surface area (Å²) in [6.45, 7) is 3.93. The molecule has 1 aromatic rings. The molecule has 4 nitrogen and oxygen atoms in total. The topological polar surface area (TPSA) is 58.2 Å². The van der Waals surface area contributed by atoms with E-state index in [1.54, 1.807) is 13.8 Å². The van der Waals surface area contributed by atoms with E-state index in [-0.39, 0.29) is 6.54 Å². The summed E-state index contributed by atoms with van der Waals surface area (Å²) >= 11 is 0. The molecule has 1 rings (SSSR count). The van der Waals surface area contributed by atoms with Gasteiger partial charge in [-0.15, -0.1) is 0 Å². The van der Waals surface area contributed by atoms with Gasteiger partial charge in [0.05, 0.1) is 6.26 Å². The predicted molar refractivity (Wildman–Crippen MR) is 70.1 cm³/mol.